The van der Waals surface area contributed by atoms with Crippen molar-refractivity contribution in [1.82, 2.24) is 0 Å². The Hall–Kier alpha value is -1.46. The standard InChI is InChI=1S/C16H22N2O2S/c17-16(21)13-4-6-14(7-5-13)18-15(19)9-11-20-10-8-12-2-1-3-12/h4-7,12H,1-3,8-11H2,(H2,17,21)(H,18,19). The van der Waals surface area contributed by atoms with Gasteiger partial charge in [0.25, 0.3) is 0 Å². The summed E-state index contributed by atoms with van der Waals surface area (Å²) < 4.78 is 5.50. The number of carbonyl (C=O) groups is 1. The summed E-state index contributed by atoms with van der Waals surface area (Å²) in [6, 6.07) is 7.19. The van der Waals surface area contributed by atoms with Gasteiger partial charge in [0, 0.05) is 17.9 Å². The van der Waals surface area contributed by atoms with E-state index in [0.29, 0.717) is 18.0 Å². The maximum atomic E-state index is 11.8. The lowest BCUT2D eigenvalue weighted by Gasteiger charge is -2.24. The lowest BCUT2D eigenvalue weighted by Crippen LogP contribution is -2.17. The largest absolute Gasteiger partial charge is 0.389 e. The molecule has 0 bridgehead atoms. The lowest BCUT2D eigenvalue weighted by molar-refractivity contribution is -0.117. The molecule has 0 heterocycles. The van der Waals surface area contributed by atoms with Crippen molar-refractivity contribution < 1.29 is 9.53 Å². The van der Waals surface area contributed by atoms with Crippen molar-refractivity contribution in [1.29, 1.82) is 0 Å². The van der Waals surface area contributed by atoms with Crippen molar-refractivity contribution in [2.75, 3.05) is 18.5 Å². The molecule has 5 heteroatoms. The van der Waals surface area contributed by atoms with Crippen LogP contribution in [0.15, 0.2) is 24.3 Å². The molecule has 1 amide bonds. The number of rotatable bonds is 8. The van der Waals surface area contributed by atoms with Gasteiger partial charge in [-0.3, -0.25) is 4.79 Å². The van der Waals surface area contributed by atoms with Gasteiger partial charge in [-0.25, -0.2) is 0 Å². The number of ether oxygens (including phenoxy) is 1. The highest BCUT2D eigenvalue weighted by molar-refractivity contribution is 7.80. The Balaban J connectivity index is 1.60. The van der Waals surface area contributed by atoms with Crippen LogP contribution in [0.4, 0.5) is 5.69 Å². The van der Waals surface area contributed by atoms with Crippen LogP contribution in [0, 0.1) is 5.92 Å². The zero-order valence-corrected chi connectivity index (χ0v) is 13.0. The highest BCUT2D eigenvalue weighted by Gasteiger charge is 2.16. The molecule has 0 aliphatic heterocycles. The lowest BCUT2D eigenvalue weighted by atomic mass is 9.83. The minimum atomic E-state index is -0.0401. The molecule has 1 aromatic rings. The molecule has 1 saturated carbocycles. The first-order valence-corrected chi connectivity index (χ1v) is 7.83. The summed E-state index contributed by atoms with van der Waals surface area (Å²) >= 11 is 4.88. The Kier molecular flexibility index (Phi) is 6.14. The zero-order valence-electron chi connectivity index (χ0n) is 12.1. The molecule has 21 heavy (non-hydrogen) atoms. The summed E-state index contributed by atoms with van der Waals surface area (Å²) in [5, 5.41) is 2.83. The van der Waals surface area contributed by atoms with E-state index in [9.17, 15) is 4.79 Å². The summed E-state index contributed by atoms with van der Waals surface area (Å²) in [6.45, 7) is 1.24. The normalized spacial score (nSPS) is 14.5. The molecule has 1 aliphatic carbocycles. The Morgan fingerprint density at radius 3 is 2.57 bits per heavy atom. The number of benzene rings is 1. The molecule has 0 saturated heterocycles. The molecule has 1 fully saturated rings. The molecule has 0 radical (unpaired) electrons. The number of hydrogen-bond acceptors (Lipinski definition) is 3. The third-order valence-electron chi connectivity index (χ3n) is 3.82. The molecule has 0 spiro atoms. The van der Waals surface area contributed by atoms with E-state index >= 15 is 0 Å². The SMILES string of the molecule is NC(=S)c1ccc(NC(=O)CCOCCC2CCC2)cc1. The third kappa shape index (κ3) is 5.44. The number of nitrogens with two attached hydrogens (primary N) is 1. The zero-order chi connectivity index (χ0) is 15.1. The summed E-state index contributed by atoms with van der Waals surface area (Å²) in [5.41, 5.74) is 7.06. The van der Waals surface area contributed by atoms with Gasteiger partial charge in [-0.05, 0) is 36.6 Å². The van der Waals surface area contributed by atoms with Crippen molar-refractivity contribution in [3.63, 3.8) is 0 Å². The average Bonchev–Trinajstić information content (AvgIpc) is 2.41. The van der Waals surface area contributed by atoms with Gasteiger partial charge in [0.2, 0.25) is 5.91 Å². The Bertz CT molecular complexity index is 484. The number of anilines is 1. The summed E-state index contributed by atoms with van der Waals surface area (Å²) in [5.74, 6) is 0.813. The van der Waals surface area contributed by atoms with Crippen LogP contribution in [0.1, 0.15) is 37.7 Å². The van der Waals surface area contributed by atoms with Crippen molar-refractivity contribution in [3.8, 4) is 0 Å². The highest BCUT2D eigenvalue weighted by Crippen LogP contribution is 2.29. The molecule has 0 atom stereocenters. The smallest absolute Gasteiger partial charge is 0.226 e. The first-order chi connectivity index (χ1) is 10.1. The maximum absolute atomic E-state index is 11.8. The predicted octanol–water partition coefficient (Wildman–Crippen LogP) is 2.86. The third-order valence-corrected chi connectivity index (χ3v) is 4.06. The van der Waals surface area contributed by atoms with E-state index in [4.69, 9.17) is 22.7 Å². The quantitative estimate of drug-likeness (QED) is 0.572. The Labute approximate surface area is 131 Å². The van der Waals surface area contributed by atoms with E-state index in [1.165, 1.54) is 19.3 Å². The van der Waals surface area contributed by atoms with Crippen LogP contribution < -0.4 is 11.1 Å². The van der Waals surface area contributed by atoms with Crippen molar-refractivity contribution in [3.05, 3.63) is 29.8 Å². The molecule has 4 nitrogen and oxygen atoms in total. The molecular weight excluding hydrogens is 284 g/mol. The van der Waals surface area contributed by atoms with Crippen LogP contribution in [0.5, 0.6) is 0 Å². The molecule has 1 aromatic carbocycles. The fourth-order valence-corrected chi connectivity index (χ4v) is 2.38. The van der Waals surface area contributed by atoms with E-state index in [-0.39, 0.29) is 5.91 Å². The van der Waals surface area contributed by atoms with Crippen LogP contribution in [-0.4, -0.2) is 24.1 Å². The number of hydrogen-bond donors (Lipinski definition) is 2. The maximum Gasteiger partial charge on any atom is 0.226 e. The average molecular weight is 306 g/mol. The van der Waals surface area contributed by atoms with E-state index < -0.39 is 0 Å². The summed E-state index contributed by atoms with van der Waals surface area (Å²) in [4.78, 5) is 12.1. The summed E-state index contributed by atoms with van der Waals surface area (Å²) in [7, 11) is 0. The second-order valence-electron chi connectivity index (χ2n) is 5.44. The van der Waals surface area contributed by atoms with Gasteiger partial charge >= 0.3 is 0 Å². The first-order valence-electron chi connectivity index (χ1n) is 7.42. The Morgan fingerprint density at radius 1 is 1.29 bits per heavy atom. The van der Waals surface area contributed by atoms with Crippen LogP contribution >= 0.6 is 12.2 Å². The fourth-order valence-electron chi connectivity index (χ4n) is 2.24. The number of nitrogens with one attached hydrogen (secondary N) is 1. The van der Waals surface area contributed by atoms with Crippen LogP contribution in [0.25, 0.3) is 0 Å². The van der Waals surface area contributed by atoms with Crippen molar-refractivity contribution in [2.24, 2.45) is 11.7 Å². The van der Waals surface area contributed by atoms with E-state index in [1.807, 2.05) is 0 Å². The van der Waals surface area contributed by atoms with E-state index in [1.54, 1.807) is 24.3 Å². The van der Waals surface area contributed by atoms with Gasteiger partial charge in [0.15, 0.2) is 0 Å². The monoisotopic (exact) mass is 306 g/mol. The second kappa shape index (κ2) is 8.10. The van der Waals surface area contributed by atoms with E-state index in [0.717, 1.165) is 30.2 Å². The molecule has 3 N–H and O–H groups in total. The van der Waals surface area contributed by atoms with Crippen LogP contribution in [0.3, 0.4) is 0 Å². The van der Waals surface area contributed by atoms with E-state index in [2.05, 4.69) is 5.32 Å². The molecule has 2 rings (SSSR count). The van der Waals surface area contributed by atoms with Crippen molar-refractivity contribution >= 4 is 28.8 Å². The topological polar surface area (TPSA) is 64.3 Å². The minimum absolute atomic E-state index is 0.0401. The Morgan fingerprint density at radius 2 is 2.00 bits per heavy atom. The minimum Gasteiger partial charge on any atom is -0.389 e. The molecule has 0 aromatic heterocycles. The molecule has 0 unspecified atom stereocenters. The second-order valence-corrected chi connectivity index (χ2v) is 5.88. The molecule has 114 valence electrons. The van der Waals surface area contributed by atoms with Crippen LogP contribution in [-0.2, 0) is 9.53 Å². The van der Waals surface area contributed by atoms with Gasteiger partial charge < -0.3 is 15.8 Å². The number of amides is 1. The van der Waals surface area contributed by atoms with Gasteiger partial charge in [-0.15, -0.1) is 0 Å². The molecule has 1 aliphatic rings. The fraction of sp³-hybridized carbons (Fsp3) is 0.500. The first kappa shape index (κ1) is 15.9. The number of thiocarbonyl (C=S) groups is 1. The van der Waals surface area contributed by atoms with Gasteiger partial charge in [-0.1, -0.05) is 31.5 Å². The van der Waals surface area contributed by atoms with Gasteiger partial charge in [0.05, 0.1) is 13.0 Å². The number of carbonyl (C=O) groups excluding carboxylic acids is 1. The van der Waals surface area contributed by atoms with Crippen molar-refractivity contribution in [2.45, 2.75) is 32.1 Å². The van der Waals surface area contributed by atoms with Gasteiger partial charge in [0.1, 0.15) is 4.99 Å². The molecular formula is C16H22N2O2S. The van der Waals surface area contributed by atoms with Gasteiger partial charge in [-0.2, -0.15) is 0 Å². The summed E-state index contributed by atoms with van der Waals surface area (Å²) in [6.07, 6.45) is 5.54. The van der Waals surface area contributed by atoms with Crippen LogP contribution in [0.2, 0.25) is 0 Å². The highest BCUT2D eigenvalue weighted by atomic mass is 32.1. The predicted molar refractivity (Wildman–Crippen MR) is 88.4 cm³/mol.